The number of ether oxygens (including phenoxy) is 1. The first-order valence-corrected chi connectivity index (χ1v) is 23.2. The molecule has 0 atom stereocenters. The number of fused-ring (bicyclic) bond motifs is 3. The monoisotopic (exact) mass is 875 g/mol. The largest absolute Gasteiger partial charge is 0.458 e. The summed E-state index contributed by atoms with van der Waals surface area (Å²) in [5, 5.41) is 7.73. The van der Waals surface area contributed by atoms with Gasteiger partial charge in [0.05, 0.1) is 22.4 Å². The van der Waals surface area contributed by atoms with Crippen molar-refractivity contribution in [2.45, 2.75) is 78.6 Å². The molecule has 7 aromatic carbocycles. The minimum atomic E-state index is -0.225. The molecule has 0 unspecified atom stereocenters. The van der Waals surface area contributed by atoms with Gasteiger partial charge in [-0.25, -0.2) is 4.98 Å². The predicted molar refractivity (Wildman–Crippen MR) is 274 cm³/mol. The molecule has 0 bridgehead atoms. The van der Waals surface area contributed by atoms with Crippen molar-refractivity contribution in [3.8, 4) is 51.2 Å². The molecule has 67 heavy (non-hydrogen) atoms. The fourth-order valence-electron chi connectivity index (χ4n) is 9.22. The van der Waals surface area contributed by atoms with Gasteiger partial charge in [-0.15, -0.1) is 5.10 Å². The van der Waals surface area contributed by atoms with E-state index in [4.69, 9.17) is 14.8 Å². The summed E-state index contributed by atoms with van der Waals surface area (Å²) in [6, 6.07) is 62.0. The number of benzene rings is 7. The van der Waals surface area contributed by atoms with Crippen molar-refractivity contribution < 1.29 is 9.42 Å². The Balaban J connectivity index is 1.09. The van der Waals surface area contributed by atoms with E-state index in [-0.39, 0.29) is 16.2 Å². The number of pyridine rings is 1. The smallest absolute Gasteiger partial charge is 0.273 e. The van der Waals surface area contributed by atoms with Gasteiger partial charge in [-0.3, -0.25) is 9.13 Å². The highest BCUT2D eigenvalue weighted by molar-refractivity contribution is 6.09. The van der Waals surface area contributed by atoms with Crippen LogP contribution < -0.4 is 9.42 Å². The van der Waals surface area contributed by atoms with Gasteiger partial charge in [0.25, 0.3) is 6.33 Å². The quantitative estimate of drug-likeness (QED) is 0.107. The second-order valence-corrected chi connectivity index (χ2v) is 20.3. The van der Waals surface area contributed by atoms with Crippen molar-refractivity contribution in [2.24, 2.45) is 0 Å². The molecule has 3 aromatic heterocycles. The summed E-state index contributed by atoms with van der Waals surface area (Å²) in [4.78, 5) is 4.98. The summed E-state index contributed by atoms with van der Waals surface area (Å²) in [7, 11) is 0. The van der Waals surface area contributed by atoms with Crippen molar-refractivity contribution >= 4 is 21.8 Å². The maximum absolute atomic E-state index is 6.84. The minimum Gasteiger partial charge on any atom is -0.458 e. The molecule has 3 heterocycles. The Morgan fingerprint density at radius 2 is 1.19 bits per heavy atom. The van der Waals surface area contributed by atoms with Crippen molar-refractivity contribution in [3.05, 3.63) is 216 Å². The topological polar surface area (TPSA) is 48.8 Å². The van der Waals surface area contributed by atoms with Crippen LogP contribution in [0.1, 0.15) is 83.2 Å². The summed E-state index contributed by atoms with van der Waals surface area (Å²) in [6.45, 7) is 20.3. The molecule has 332 valence electrons. The standard InChI is InChI=1S/C61H57N5O/c1-41-20-18-28-51(42-21-12-10-13-22-42)57(41)58-63-65(48-35-45(59(2,3)4)34-46(36-48)60(5,6)7)40-64(58)47-25-19-26-49(38-47)67-50-30-31-53-52-27-16-17-29-54(52)66(55(53)39-50)56-37-44(32-33-62-56)61(8,9)43-23-14-11-15-24-43/h10-39H,1-9H3. The van der Waals surface area contributed by atoms with E-state index in [1.54, 1.807) is 0 Å². The van der Waals surface area contributed by atoms with Gasteiger partial charge in [0.2, 0.25) is 0 Å². The zero-order valence-electron chi connectivity index (χ0n) is 40.0. The zero-order valence-corrected chi connectivity index (χ0v) is 40.0. The first-order valence-electron chi connectivity index (χ1n) is 23.2. The van der Waals surface area contributed by atoms with E-state index in [0.717, 1.165) is 72.8 Å². The molecule has 0 fully saturated rings. The zero-order chi connectivity index (χ0) is 46.7. The Bertz CT molecular complexity index is 3400. The molecule has 10 rings (SSSR count). The van der Waals surface area contributed by atoms with Crippen LogP contribution in [0.3, 0.4) is 0 Å². The predicted octanol–water partition coefficient (Wildman–Crippen LogP) is 14.8. The summed E-state index contributed by atoms with van der Waals surface area (Å²) >= 11 is 0. The van der Waals surface area contributed by atoms with Gasteiger partial charge in [0, 0.05) is 34.0 Å². The van der Waals surface area contributed by atoms with Crippen molar-refractivity contribution in [2.75, 3.05) is 0 Å². The number of aromatic nitrogens is 5. The third kappa shape index (κ3) is 8.22. The molecule has 0 aliphatic carbocycles. The van der Waals surface area contributed by atoms with Crippen LogP contribution in [0.15, 0.2) is 182 Å². The molecule has 0 aliphatic rings. The average Bonchev–Trinajstić information content (AvgIpc) is 3.91. The molecule has 0 N–H and O–H groups in total. The first-order chi connectivity index (χ1) is 32.1. The lowest BCUT2D eigenvalue weighted by Crippen LogP contribution is -2.34. The van der Waals surface area contributed by atoms with Crippen LogP contribution in [0.25, 0.3) is 61.5 Å². The summed E-state index contributed by atoms with van der Waals surface area (Å²) in [6.07, 6.45) is 5.64. The maximum Gasteiger partial charge on any atom is 0.273 e. The van der Waals surface area contributed by atoms with Gasteiger partial charge in [0.15, 0.2) is 5.82 Å². The molecule has 6 heteroatoms. The first kappa shape index (κ1) is 43.3. The summed E-state index contributed by atoms with van der Waals surface area (Å²) < 4.78 is 13.1. The lowest BCUT2D eigenvalue weighted by atomic mass is 9.78. The number of nitrogens with zero attached hydrogens (tertiary/aromatic N) is 5. The highest BCUT2D eigenvalue weighted by Crippen LogP contribution is 2.39. The van der Waals surface area contributed by atoms with Crippen molar-refractivity contribution in [1.82, 2.24) is 19.2 Å². The third-order valence-electron chi connectivity index (χ3n) is 13.2. The van der Waals surface area contributed by atoms with E-state index in [1.165, 1.54) is 22.3 Å². The Morgan fingerprint density at radius 3 is 1.93 bits per heavy atom. The molecule has 0 amide bonds. The molecule has 10 aromatic rings. The SMILES string of the molecule is Cc1cccc(-c2ccccc2)c1-c1n[n+](-c2cc(C(C)(C)C)cc(C(C)(C)C)c2)[c-]n1-c1cccc(Oc2ccc3c4ccccc4n(-c4cc(C(C)(C)c5ccccc5)ccn4)c3c2)c1. The number of rotatable bonds is 9. The molecule has 0 spiro atoms. The normalized spacial score (nSPS) is 12.3. The molecule has 0 radical (unpaired) electrons. The molecule has 6 nitrogen and oxygen atoms in total. The van der Waals surface area contributed by atoms with Gasteiger partial charge in [-0.2, -0.15) is 4.68 Å². The van der Waals surface area contributed by atoms with Crippen LogP contribution in [0.4, 0.5) is 0 Å². The lowest BCUT2D eigenvalue weighted by molar-refractivity contribution is -0.660. The summed E-state index contributed by atoms with van der Waals surface area (Å²) in [5.74, 6) is 3.06. The van der Waals surface area contributed by atoms with E-state index in [0.29, 0.717) is 5.75 Å². The number of hydrogen-bond acceptors (Lipinski definition) is 3. The van der Waals surface area contributed by atoms with Crippen LogP contribution >= 0.6 is 0 Å². The van der Waals surface area contributed by atoms with Crippen LogP contribution in [0.5, 0.6) is 11.5 Å². The second kappa shape index (κ2) is 16.7. The highest BCUT2D eigenvalue weighted by atomic mass is 16.5. The Hall–Kier alpha value is -7.57. The minimum absolute atomic E-state index is 0.0681. The number of hydrogen-bond donors (Lipinski definition) is 0. The Kier molecular flexibility index (Phi) is 10.8. The van der Waals surface area contributed by atoms with Gasteiger partial charge < -0.3 is 4.74 Å². The molecule has 0 aliphatic heterocycles. The van der Waals surface area contributed by atoms with Gasteiger partial charge >= 0.3 is 0 Å². The lowest BCUT2D eigenvalue weighted by Gasteiger charge is -2.26. The maximum atomic E-state index is 6.84. The Morgan fingerprint density at radius 1 is 0.537 bits per heavy atom. The molecule has 0 saturated carbocycles. The number of para-hydroxylation sites is 1. The van der Waals surface area contributed by atoms with Crippen molar-refractivity contribution in [1.29, 1.82) is 0 Å². The molecular weight excluding hydrogens is 819 g/mol. The van der Waals surface area contributed by atoms with Crippen molar-refractivity contribution in [3.63, 3.8) is 0 Å². The fourth-order valence-corrected chi connectivity index (χ4v) is 9.22. The third-order valence-corrected chi connectivity index (χ3v) is 13.2. The average molecular weight is 876 g/mol. The van der Waals surface area contributed by atoms with Crippen LogP contribution in [-0.4, -0.2) is 19.2 Å². The molecule has 0 saturated heterocycles. The van der Waals surface area contributed by atoms with Crippen LogP contribution in [0, 0.1) is 13.3 Å². The van der Waals surface area contributed by atoms with E-state index < -0.39 is 0 Å². The second-order valence-electron chi connectivity index (χ2n) is 20.3. The summed E-state index contributed by atoms with van der Waals surface area (Å²) in [5.41, 5.74) is 12.9. The Labute approximate surface area is 394 Å². The van der Waals surface area contributed by atoms with E-state index >= 15 is 0 Å². The fraction of sp³-hybridized carbons (Fsp3) is 0.197. The van der Waals surface area contributed by atoms with E-state index in [1.807, 2.05) is 23.0 Å². The van der Waals surface area contributed by atoms with Crippen LogP contribution in [-0.2, 0) is 16.2 Å². The van der Waals surface area contributed by atoms with Gasteiger partial charge in [-0.1, -0.05) is 183 Å². The van der Waals surface area contributed by atoms with E-state index in [2.05, 4.69) is 242 Å². The van der Waals surface area contributed by atoms with Gasteiger partial charge in [-0.05, 0) is 99.2 Å². The number of aryl methyl sites for hydroxylation is 1. The van der Waals surface area contributed by atoms with Crippen LogP contribution in [0.2, 0.25) is 0 Å². The van der Waals surface area contributed by atoms with Gasteiger partial charge in [0.1, 0.15) is 17.3 Å². The van der Waals surface area contributed by atoms with E-state index in [9.17, 15) is 0 Å². The highest BCUT2D eigenvalue weighted by Gasteiger charge is 2.26. The molecular formula is C61H57N5O.